The van der Waals surface area contributed by atoms with Crippen LogP contribution in [-0.2, 0) is 15.1 Å². The summed E-state index contributed by atoms with van der Waals surface area (Å²) in [5, 5.41) is 8.95. The van der Waals surface area contributed by atoms with Gasteiger partial charge in [0.1, 0.15) is 12.7 Å². The zero-order valence-electron chi connectivity index (χ0n) is 12.9. The highest BCUT2D eigenvalue weighted by Gasteiger charge is 2.65. The molecule has 3 heterocycles. The summed E-state index contributed by atoms with van der Waals surface area (Å²) in [5.41, 5.74) is 0.698. The van der Waals surface area contributed by atoms with Crippen molar-refractivity contribution in [2.24, 2.45) is 0 Å². The average Bonchev–Trinajstić information content (AvgIpc) is 3.09. The van der Waals surface area contributed by atoms with Gasteiger partial charge in [-0.15, -0.1) is 10.2 Å². The maximum absolute atomic E-state index is 13.2. The van der Waals surface area contributed by atoms with E-state index in [-0.39, 0.29) is 18.2 Å². The third kappa shape index (κ3) is 1.69. The standard InChI is InChI=1S/C15H16N6O2/c1-18(2)10-20-12-6-4-3-5-11(12)15(14(20)23)7-13(22)21(15)19-8-16-17-9-19/h3-6,8-9H,7,10H2,1-2H3. The van der Waals surface area contributed by atoms with Crippen molar-refractivity contribution < 1.29 is 9.59 Å². The van der Waals surface area contributed by atoms with Gasteiger partial charge in [0.25, 0.3) is 5.91 Å². The van der Waals surface area contributed by atoms with Crippen molar-refractivity contribution in [1.29, 1.82) is 0 Å². The molecule has 1 fully saturated rings. The molecule has 4 rings (SSSR count). The molecule has 8 nitrogen and oxygen atoms in total. The van der Waals surface area contributed by atoms with E-state index in [9.17, 15) is 9.59 Å². The van der Waals surface area contributed by atoms with Crippen molar-refractivity contribution in [3.63, 3.8) is 0 Å². The maximum Gasteiger partial charge on any atom is 0.261 e. The summed E-state index contributed by atoms with van der Waals surface area (Å²) < 4.78 is 1.49. The Balaban J connectivity index is 1.86. The number of fused-ring (bicyclic) bond motifs is 2. The Morgan fingerprint density at radius 3 is 2.52 bits per heavy atom. The molecular formula is C15H16N6O2. The Bertz CT molecular complexity index is 787. The van der Waals surface area contributed by atoms with Crippen molar-refractivity contribution in [3.8, 4) is 0 Å². The first-order valence-electron chi connectivity index (χ1n) is 7.30. The minimum atomic E-state index is -0.994. The molecule has 1 unspecified atom stereocenters. The highest BCUT2D eigenvalue weighted by atomic mass is 16.2. The second kappa shape index (κ2) is 4.63. The molecule has 1 aromatic carbocycles. The third-order valence-corrected chi connectivity index (χ3v) is 4.31. The van der Waals surface area contributed by atoms with Crippen LogP contribution in [0.5, 0.6) is 0 Å². The molecule has 118 valence electrons. The molecule has 1 spiro atoms. The molecule has 0 saturated carbocycles. The lowest BCUT2D eigenvalue weighted by molar-refractivity contribution is -0.141. The Morgan fingerprint density at radius 1 is 1.17 bits per heavy atom. The van der Waals surface area contributed by atoms with Crippen LogP contribution in [0.2, 0.25) is 0 Å². The smallest absolute Gasteiger partial charge is 0.261 e. The van der Waals surface area contributed by atoms with Gasteiger partial charge in [0.2, 0.25) is 5.91 Å². The summed E-state index contributed by atoms with van der Waals surface area (Å²) in [7, 11) is 3.81. The lowest BCUT2D eigenvalue weighted by atomic mass is 9.80. The van der Waals surface area contributed by atoms with Gasteiger partial charge < -0.3 is 0 Å². The number of amides is 2. The van der Waals surface area contributed by atoms with Crippen molar-refractivity contribution in [2.45, 2.75) is 12.0 Å². The quantitative estimate of drug-likeness (QED) is 0.740. The monoisotopic (exact) mass is 312 g/mol. The summed E-state index contributed by atoms with van der Waals surface area (Å²) in [6.45, 7) is 0.460. The number of anilines is 1. The fourth-order valence-electron chi connectivity index (χ4n) is 3.42. The number of hydrogen-bond donors (Lipinski definition) is 0. The molecule has 2 amide bonds. The topological polar surface area (TPSA) is 74.6 Å². The fraction of sp³-hybridized carbons (Fsp3) is 0.333. The number of hydrogen-bond acceptors (Lipinski definition) is 5. The first-order valence-corrected chi connectivity index (χ1v) is 7.30. The van der Waals surface area contributed by atoms with E-state index in [1.54, 1.807) is 4.90 Å². The van der Waals surface area contributed by atoms with Gasteiger partial charge in [0.15, 0.2) is 5.54 Å². The van der Waals surface area contributed by atoms with Gasteiger partial charge in [-0.2, -0.15) is 0 Å². The lowest BCUT2D eigenvalue weighted by Crippen LogP contribution is -2.70. The number of aromatic nitrogens is 3. The number of carbonyl (C=O) groups is 2. The van der Waals surface area contributed by atoms with Gasteiger partial charge >= 0.3 is 0 Å². The maximum atomic E-state index is 13.2. The summed E-state index contributed by atoms with van der Waals surface area (Å²) >= 11 is 0. The molecule has 1 atom stereocenters. The van der Waals surface area contributed by atoms with Crippen LogP contribution in [0.25, 0.3) is 0 Å². The van der Waals surface area contributed by atoms with Crippen LogP contribution >= 0.6 is 0 Å². The van der Waals surface area contributed by atoms with Gasteiger partial charge in [-0.3, -0.25) is 19.4 Å². The normalized spacial score (nSPS) is 22.9. The molecule has 23 heavy (non-hydrogen) atoms. The number of benzene rings is 1. The number of rotatable bonds is 3. The van der Waals surface area contributed by atoms with E-state index < -0.39 is 5.54 Å². The molecule has 8 heteroatoms. The van der Waals surface area contributed by atoms with E-state index in [0.29, 0.717) is 6.67 Å². The fourth-order valence-corrected chi connectivity index (χ4v) is 3.42. The average molecular weight is 312 g/mol. The first kappa shape index (κ1) is 13.9. The van der Waals surface area contributed by atoms with E-state index in [4.69, 9.17) is 0 Å². The second-order valence-electron chi connectivity index (χ2n) is 6.06. The summed E-state index contributed by atoms with van der Waals surface area (Å²) in [6, 6.07) is 7.61. The lowest BCUT2D eigenvalue weighted by Gasteiger charge is -2.47. The predicted octanol–water partition coefficient (Wildman–Crippen LogP) is -0.0924. The number of β-lactam (4-membered cyclic amide) rings is 1. The molecule has 1 saturated heterocycles. The molecule has 0 bridgehead atoms. The Kier molecular flexibility index (Phi) is 2.79. The second-order valence-corrected chi connectivity index (χ2v) is 6.06. The zero-order valence-corrected chi connectivity index (χ0v) is 12.9. The number of carbonyl (C=O) groups excluding carboxylic acids is 2. The number of para-hydroxylation sites is 1. The van der Waals surface area contributed by atoms with E-state index in [0.717, 1.165) is 11.3 Å². The molecule has 0 radical (unpaired) electrons. The summed E-state index contributed by atoms with van der Waals surface area (Å²) in [6.07, 6.45) is 3.03. The van der Waals surface area contributed by atoms with Crippen LogP contribution in [0.3, 0.4) is 0 Å². The van der Waals surface area contributed by atoms with Crippen LogP contribution in [0, 0.1) is 0 Å². The SMILES string of the molecule is CN(C)CN1C(=O)C2(CC(=O)N2n2cnnc2)c2ccccc21. The number of nitrogens with zero attached hydrogens (tertiary/aromatic N) is 6. The van der Waals surface area contributed by atoms with E-state index in [1.807, 2.05) is 43.3 Å². The zero-order chi connectivity index (χ0) is 16.2. The van der Waals surface area contributed by atoms with Crippen LogP contribution in [0.4, 0.5) is 5.69 Å². The van der Waals surface area contributed by atoms with E-state index >= 15 is 0 Å². The molecule has 2 aromatic rings. The van der Waals surface area contributed by atoms with Crippen molar-refractivity contribution in [1.82, 2.24) is 19.8 Å². The van der Waals surface area contributed by atoms with E-state index in [2.05, 4.69) is 10.2 Å². The van der Waals surface area contributed by atoms with Gasteiger partial charge in [-0.25, -0.2) is 9.69 Å². The largest absolute Gasteiger partial charge is 0.296 e. The van der Waals surface area contributed by atoms with Crippen LogP contribution in [0.1, 0.15) is 12.0 Å². The van der Waals surface area contributed by atoms with Gasteiger partial charge in [0.05, 0.1) is 18.8 Å². The van der Waals surface area contributed by atoms with Crippen molar-refractivity contribution in [2.75, 3.05) is 30.7 Å². The van der Waals surface area contributed by atoms with Gasteiger partial charge in [-0.05, 0) is 20.2 Å². The van der Waals surface area contributed by atoms with E-state index in [1.165, 1.54) is 22.3 Å². The van der Waals surface area contributed by atoms with Crippen LogP contribution in [-0.4, -0.2) is 52.4 Å². The molecule has 0 aliphatic carbocycles. The Morgan fingerprint density at radius 2 is 1.87 bits per heavy atom. The molecule has 0 N–H and O–H groups in total. The summed E-state index contributed by atoms with van der Waals surface area (Å²) in [4.78, 5) is 29.1. The molecule has 2 aliphatic heterocycles. The first-order chi connectivity index (χ1) is 11.1. The van der Waals surface area contributed by atoms with Crippen molar-refractivity contribution >= 4 is 17.5 Å². The Labute approximate surface area is 132 Å². The highest BCUT2D eigenvalue weighted by Crippen LogP contribution is 2.50. The minimum Gasteiger partial charge on any atom is -0.296 e. The predicted molar refractivity (Wildman–Crippen MR) is 82.0 cm³/mol. The molecule has 1 aromatic heterocycles. The van der Waals surface area contributed by atoms with Gasteiger partial charge in [-0.1, -0.05) is 18.2 Å². The summed E-state index contributed by atoms with van der Waals surface area (Å²) in [5.74, 6) is -0.222. The minimum absolute atomic E-state index is 0.0966. The third-order valence-electron chi connectivity index (χ3n) is 4.31. The molecule has 2 aliphatic rings. The molecular weight excluding hydrogens is 296 g/mol. The Hall–Kier alpha value is -2.74. The van der Waals surface area contributed by atoms with Crippen molar-refractivity contribution in [3.05, 3.63) is 42.5 Å². The van der Waals surface area contributed by atoms with Gasteiger partial charge in [0, 0.05) is 5.56 Å². The van der Waals surface area contributed by atoms with Crippen LogP contribution in [0.15, 0.2) is 36.9 Å². The highest BCUT2D eigenvalue weighted by molar-refractivity contribution is 6.18. The van der Waals surface area contributed by atoms with Crippen LogP contribution < -0.4 is 9.91 Å².